The lowest BCUT2D eigenvalue weighted by atomic mass is 10.3. The van der Waals surface area contributed by atoms with Gasteiger partial charge in [0.25, 0.3) is 0 Å². The summed E-state index contributed by atoms with van der Waals surface area (Å²) in [5.41, 5.74) is 0.776. The van der Waals surface area contributed by atoms with E-state index >= 15 is 0 Å². The number of hydrogen-bond donors (Lipinski definition) is 1. The summed E-state index contributed by atoms with van der Waals surface area (Å²) < 4.78 is 23.6. The van der Waals surface area contributed by atoms with Gasteiger partial charge in [-0.15, -0.1) is 0 Å². The van der Waals surface area contributed by atoms with Gasteiger partial charge in [0.15, 0.2) is 0 Å². The van der Waals surface area contributed by atoms with Gasteiger partial charge in [-0.05, 0) is 24.6 Å². The second-order valence-electron chi connectivity index (χ2n) is 4.02. The van der Waals surface area contributed by atoms with E-state index in [9.17, 15) is 4.39 Å². The zero-order valence-corrected chi connectivity index (χ0v) is 11.0. The highest BCUT2D eigenvalue weighted by molar-refractivity contribution is 5.42. The molecule has 3 nitrogen and oxygen atoms in total. The lowest BCUT2D eigenvalue weighted by Crippen LogP contribution is -2.12. The van der Waals surface area contributed by atoms with Crippen LogP contribution < -0.4 is 5.32 Å². The van der Waals surface area contributed by atoms with E-state index in [4.69, 9.17) is 9.47 Å². The zero-order chi connectivity index (χ0) is 13.1. The lowest BCUT2D eigenvalue weighted by Gasteiger charge is -2.07. The average Bonchev–Trinajstić information content (AvgIpc) is 2.37. The Labute approximate surface area is 108 Å². The van der Waals surface area contributed by atoms with E-state index in [0.717, 1.165) is 25.1 Å². The molecule has 0 fully saturated rings. The van der Waals surface area contributed by atoms with Crippen molar-refractivity contribution in [2.45, 2.75) is 19.8 Å². The van der Waals surface area contributed by atoms with E-state index in [2.05, 4.69) is 12.2 Å². The molecular formula is C14H22FNO2. The highest BCUT2D eigenvalue weighted by atomic mass is 19.1. The Morgan fingerprint density at radius 2 is 1.89 bits per heavy atom. The van der Waals surface area contributed by atoms with E-state index in [0.29, 0.717) is 26.4 Å². The summed E-state index contributed by atoms with van der Waals surface area (Å²) in [4.78, 5) is 0. The largest absolute Gasteiger partial charge is 0.383 e. The summed E-state index contributed by atoms with van der Waals surface area (Å²) in [5.74, 6) is -0.231. The number of anilines is 1. The lowest BCUT2D eigenvalue weighted by molar-refractivity contribution is 0.0505. The molecule has 0 amide bonds. The Morgan fingerprint density at radius 1 is 1.11 bits per heavy atom. The third-order valence-corrected chi connectivity index (χ3v) is 2.41. The third kappa shape index (κ3) is 7.25. The van der Waals surface area contributed by atoms with Gasteiger partial charge < -0.3 is 14.8 Å². The second-order valence-corrected chi connectivity index (χ2v) is 4.02. The molecule has 0 heterocycles. The molecule has 0 unspecified atom stereocenters. The predicted molar refractivity (Wildman–Crippen MR) is 71.4 cm³/mol. The van der Waals surface area contributed by atoms with Crippen LogP contribution in [0.2, 0.25) is 0 Å². The topological polar surface area (TPSA) is 30.5 Å². The standard InChI is InChI=1S/C14H22FNO2/c1-2-3-8-17-10-11-18-9-7-16-14-6-4-5-13(15)12-14/h4-6,12,16H,2-3,7-11H2,1H3. The van der Waals surface area contributed by atoms with Crippen LogP contribution >= 0.6 is 0 Å². The van der Waals surface area contributed by atoms with Crippen molar-refractivity contribution in [3.8, 4) is 0 Å². The number of hydrogen-bond acceptors (Lipinski definition) is 3. The van der Waals surface area contributed by atoms with Gasteiger partial charge in [-0.25, -0.2) is 4.39 Å². The Morgan fingerprint density at radius 3 is 2.61 bits per heavy atom. The summed E-state index contributed by atoms with van der Waals surface area (Å²) >= 11 is 0. The fourth-order valence-corrected chi connectivity index (χ4v) is 1.43. The first-order valence-corrected chi connectivity index (χ1v) is 6.48. The highest BCUT2D eigenvalue weighted by Crippen LogP contribution is 2.08. The Bertz CT molecular complexity index is 320. The highest BCUT2D eigenvalue weighted by Gasteiger charge is 1.94. The van der Waals surface area contributed by atoms with Crippen molar-refractivity contribution < 1.29 is 13.9 Å². The van der Waals surface area contributed by atoms with Crippen LogP contribution in [-0.4, -0.2) is 33.0 Å². The van der Waals surface area contributed by atoms with E-state index in [1.54, 1.807) is 6.07 Å². The van der Waals surface area contributed by atoms with Gasteiger partial charge >= 0.3 is 0 Å². The molecule has 0 radical (unpaired) electrons. The van der Waals surface area contributed by atoms with Crippen molar-refractivity contribution >= 4 is 5.69 Å². The Balaban J connectivity index is 1.92. The third-order valence-electron chi connectivity index (χ3n) is 2.41. The fraction of sp³-hybridized carbons (Fsp3) is 0.571. The van der Waals surface area contributed by atoms with E-state index in [-0.39, 0.29) is 5.82 Å². The molecule has 1 aromatic carbocycles. The van der Waals surface area contributed by atoms with Crippen LogP contribution in [0.15, 0.2) is 24.3 Å². The smallest absolute Gasteiger partial charge is 0.125 e. The molecule has 102 valence electrons. The van der Waals surface area contributed by atoms with Gasteiger partial charge in [0.2, 0.25) is 0 Å². The molecule has 1 N–H and O–H groups in total. The first kappa shape index (κ1) is 14.9. The summed E-state index contributed by atoms with van der Waals surface area (Å²) in [7, 11) is 0. The van der Waals surface area contributed by atoms with Gasteiger partial charge in [-0.3, -0.25) is 0 Å². The number of rotatable bonds is 10. The van der Waals surface area contributed by atoms with E-state index < -0.39 is 0 Å². The van der Waals surface area contributed by atoms with Crippen molar-refractivity contribution in [1.82, 2.24) is 0 Å². The predicted octanol–water partition coefficient (Wildman–Crippen LogP) is 3.07. The van der Waals surface area contributed by atoms with Crippen LogP contribution in [0.4, 0.5) is 10.1 Å². The van der Waals surface area contributed by atoms with Crippen LogP contribution in [0.25, 0.3) is 0 Å². The van der Waals surface area contributed by atoms with E-state index in [1.165, 1.54) is 12.1 Å². The maximum Gasteiger partial charge on any atom is 0.125 e. The van der Waals surface area contributed by atoms with Crippen LogP contribution in [0, 0.1) is 5.82 Å². The van der Waals surface area contributed by atoms with Crippen molar-refractivity contribution in [3.63, 3.8) is 0 Å². The van der Waals surface area contributed by atoms with Gasteiger partial charge in [0, 0.05) is 18.8 Å². The molecule has 0 aromatic heterocycles. The quantitative estimate of drug-likeness (QED) is 0.652. The van der Waals surface area contributed by atoms with Gasteiger partial charge in [0.05, 0.1) is 19.8 Å². The molecule has 0 spiro atoms. The molecule has 0 aliphatic heterocycles. The van der Waals surface area contributed by atoms with Crippen molar-refractivity contribution in [2.75, 3.05) is 38.3 Å². The summed E-state index contributed by atoms with van der Waals surface area (Å²) in [6.07, 6.45) is 2.25. The first-order chi connectivity index (χ1) is 8.83. The summed E-state index contributed by atoms with van der Waals surface area (Å²) in [5, 5.41) is 3.09. The molecule has 0 bridgehead atoms. The normalized spacial score (nSPS) is 10.6. The molecule has 0 atom stereocenters. The molecule has 1 aromatic rings. The van der Waals surface area contributed by atoms with Crippen molar-refractivity contribution in [1.29, 1.82) is 0 Å². The second kappa shape index (κ2) is 9.85. The summed E-state index contributed by atoms with van der Waals surface area (Å²) in [6, 6.07) is 6.40. The Hall–Kier alpha value is -1.13. The van der Waals surface area contributed by atoms with Crippen molar-refractivity contribution in [3.05, 3.63) is 30.1 Å². The number of halogens is 1. The van der Waals surface area contributed by atoms with Crippen molar-refractivity contribution in [2.24, 2.45) is 0 Å². The van der Waals surface area contributed by atoms with Gasteiger partial charge in [-0.1, -0.05) is 19.4 Å². The minimum Gasteiger partial charge on any atom is -0.383 e. The number of benzene rings is 1. The average molecular weight is 255 g/mol. The minimum atomic E-state index is -0.231. The maximum absolute atomic E-state index is 12.9. The van der Waals surface area contributed by atoms with Gasteiger partial charge in [0.1, 0.15) is 5.82 Å². The van der Waals surface area contributed by atoms with Gasteiger partial charge in [-0.2, -0.15) is 0 Å². The van der Waals surface area contributed by atoms with E-state index in [1.807, 2.05) is 6.07 Å². The minimum absolute atomic E-state index is 0.231. The summed E-state index contributed by atoms with van der Waals surface area (Å²) in [6.45, 7) is 5.44. The monoisotopic (exact) mass is 255 g/mol. The zero-order valence-electron chi connectivity index (χ0n) is 11.0. The molecule has 18 heavy (non-hydrogen) atoms. The Kier molecular flexibility index (Phi) is 8.17. The SMILES string of the molecule is CCCCOCCOCCNc1cccc(F)c1. The maximum atomic E-state index is 12.9. The molecule has 4 heteroatoms. The number of nitrogens with one attached hydrogen (secondary N) is 1. The van der Waals surface area contributed by atoms with Crippen LogP contribution in [0.3, 0.4) is 0 Å². The molecule has 0 saturated heterocycles. The number of unbranched alkanes of at least 4 members (excludes halogenated alkanes) is 1. The molecule has 0 aliphatic rings. The van der Waals surface area contributed by atoms with Crippen LogP contribution in [0.5, 0.6) is 0 Å². The number of ether oxygens (including phenoxy) is 2. The molecular weight excluding hydrogens is 233 g/mol. The molecule has 0 saturated carbocycles. The van der Waals surface area contributed by atoms with Crippen LogP contribution in [-0.2, 0) is 9.47 Å². The first-order valence-electron chi connectivity index (χ1n) is 6.48. The van der Waals surface area contributed by atoms with Crippen LogP contribution in [0.1, 0.15) is 19.8 Å². The fourth-order valence-electron chi connectivity index (χ4n) is 1.43. The molecule has 1 rings (SSSR count). The molecule has 0 aliphatic carbocycles.